The SMILES string of the molecule is C=COCOCC(CCC(=C)OC(C)=O)(COCOC=C)COC(=O)C(=C)OC(C)=O. The molecule has 0 aromatic carbocycles. The lowest BCUT2D eigenvalue weighted by Crippen LogP contribution is -2.39. The molecule has 0 aliphatic carbocycles. The highest BCUT2D eigenvalue weighted by Gasteiger charge is 2.34. The molecular formula is C21H30O10. The zero-order chi connectivity index (χ0) is 23.7. The lowest BCUT2D eigenvalue weighted by molar-refractivity contribution is -0.160. The summed E-state index contributed by atoms with van der Waals surface area (Å²) in [6.07, 6.45) is 2.94. The van der Waals surface area contributed by atoms with Gasteiger partial charge in [0.2, 0.25) is 5.76 Å². The van der Waals surface area contributed by atoms with E-state index in [4.69, 9.17) is 28.4 Å². The minimum atomic E-state index is -0.928. The van der Waals surface area contributed by atoms with Crippen LogP contribution in [0.5, 0.6) is 0 Å². The summed E-state index contributed by atoms with van der Waals surface area (Å²) in [6, 6.07) is 0. The van der Waals surface area contributed by atoms with Crippen LogP contribution in [0.15, 0.2) is 50.4 Å². The van der Waals surface area contributed by atoms with E-state index >= 15 is 0 Å². The van der Waals surface area contributed by atoms with Crippen molar-refractivity contribution >= 4 is 17.9 Å². The van der Waals surface area contributed by atoms with Gasteiger partial charge in [-0.25, -0.2) is 4.79 Å². The van der Waals surface area contributed by atoms with Gasteiger partial charge < -0.3 is 33.2 Å². The normalized spacial score (nSPS) is 10.4. The second kappa shape index (κ2) is 15.7. The zero-order valence-electron chi connectivity index (χ0n) is 18.0. The first-order chi connectivity index (χ1) is 14.7. The molecule has 0 amide bonds. The Kier molecular flexibility index (Phi) is 14.1. The van der Waals surface area contributed by atoms with Gasteiger partial charge in [0.25, 0.3) is 0 Å². The third-order valence-corrected chi connectivity index (χ3v) is 3.58. The van der Waals surface area contributed by atoms with Crippen LogP contribution in [0.2, 0.25) is 0 Å². The Morgan fingerprint density at radius 3 is 1.81 bits per heavy atom. The van der Waals surface area contributed by atoms with E-state index in [2.05, 4.69) is 31.1 Å². The molecule has 0 rings (SSSR count). The Balaban J connectivity index is 5.35. The van der Waals surface area contributed by atoms with E-state index in [-0.39, 0.29) is 52.0 Å². The van der Waals surface area contributed by atoms with Crippen molar-refractivity contribution in [2.24, 2.45) is 5.41 Å². The molecule has 0 fully saturated rings. The summed E-state index contributed by atoms with van der Waals surface area (Å²) in [5, 5.41) is 0. The van der Waals surface area contributed by atoms with E-state index in [0.29, 0.717) is 0 Å². The standard InChI is InChI=1S/C21H30O10/c1-7-25-14-27-11-21(12-28-15-26-8-2,10-9-16(3)30-18(5)22)13-29-20(24)17(4)31-19(6)23/h7-8H,1-4,9-15H2,5-6H3. The lowest BCUT2D eigenvalue weighted by atomic mass is 9.85. The molecule has 31 heavy (non-hydrogen) atoms. The summed E-state index contributed by atoms with van der Waals surface area (Å²) in [7, 11) is 0. The van der Waals surface area contributed by atoms with Crippen LogP contribution in [-0.2, 0) is 47.5 Å². The van der Waals surface area contributed by atoms with Crippen LogP contribution in [0.4, 0.5) is 0 Å². The van der Waals surface area contributed by atoms with Crippen molar-refractivity contribution in [3.63, 3.8) is 0 Å². The number of carbonyl (C=O) groups excluding carboxylic acids is 3. The van der Waals surface area contributed by atoms with Crippen molar-refractivity contribution in [1.82, 2.24) is 0 Å². The van der Waals surface area contributed by atoms with E-state index in [1.54, 1.807) is 0 Å². The van der Waals surface area contributed by atoms with Crippen LogP contribution in [0, 0.1) is 5.41 Å². The molecule has 0 spiro atoms. The minimum Gasteiger partial charge on any atom is -0.476 e. The number of esters is 3. The number of rotatable bonds is 18. The molecule has 10 heteroatoms. The quantitative estimate of drug-likeness (QED) is 0.0783. The molecule has 0 aromatic heterocycles. The summed E-state index contributed by atoms with van der Waals surface area (Å²) < 4.78 is 35.8. The molecule has 0 N–H and O–H groups in total. The summed E-state index contributed by atoms with van der Waals surface area (Å²) >= 11 is 0. The monoisotopic (exact) mass is 442 g/mol. The molecule has 174 valence electrons. The highest BCUT2D eigenvalue weighted by atomic mass is 16.7. The molecule has 0 aliphatic rings. The van der Waals surface area contributed by atoms with Gasteiger partial charge in [0.15, 0.2) is 13.6 Å². The summed E-state index contributed by atoms with van der Waals surface area (Å²) in [5.41, 5.74) is -0.926. The summed E-state index contributed by atoms with van der Waals surface area (Å²) in [4.78, 5) is 34.3. The molecule has 0 heterocycles. The molecule has 0 saturated heterocycles. The van der Waals surface area contributed by atoms with Crippen molar-refractivity contribution in [2.45, 2.75) is 26.7 Å². The Morgan fingerprint density at radius 1 is 0.839 bits per heavy atom. The van der Waals surface area contributed by atoms with Gasteiger partial charge in [0.05, 0.1) is 31.2 Å². The summed E-state index contributed by atoms with van der Waals surface area (Å²) in [6.45, 7) is 15.9. The Hall–Kier alpha value is -3.11. The van der Waals surface area contributed by atoms with E-state index in [9.17, 15) is 14.4 Å². The van der Waals surface area contributed by atoms with Gasteiger partial charge in [0.1, 0.15) is 12.4 Å². The van der Waals surface area contributed by atoms with Crippen molar-refractivity contribution in [2.75, 3.05) is 33.4 Å². The van der Waals surface area contributed by atoms with Crippen molar-refractivity contribution in [3.8, 4) is 0 Å². The van der Waals surface area contributed by atoms with Gasteiger partial charge >= 0.3 is 17.9 Å². The van der Waals surface area contributed by atoms with Crippen LogP contribution in [0.25, 0.3) is 0 Å². The average molecular weight is 442 g/mol. The number of hydrogen-bond donors (Lipinski definition) is 0. The van der Waals surface area contributed by atoms with E-state index in [0.717, 1.165) is 6.92 Å². The molecule has 0 aliphatic heterocycles. The molecule has 0 unspecified atom stereocenters. The molecule has 0 aromatic rings. The molecule has 0 radical (unpaired) electrons. The fourth-order valence-electron chi connectivity index (χ4n) is 2.22. The smallest absolute Gasteiger partial charge is 0.373 e. The van der Waals surface area contributed by atoms with Crippen LogP contribution in [0.3, 0.4) is 0 Å². The third-order valence-electron chi connectivity index (χ3n) is 3.58. The number of carbonyl (C=O) groups is 3. The average Bonchev–Trinajstić information content (AvgIpc) is 2.69. The van der Waals surface area contributed by atoms with E-state index < -0.39 is 29.1 Å². The highest BCUT2D eigenvalue weighted by molar-refractivity contribution is 5.88. The molecular weight excluding hydrogens is 412 g/mol. The van der Waals surface area contributed by atoms with Crippen molar-refractivity contribution in [3.05, 3.63) is 50.4 Å². The number of hydrogen-bond acceptors (Lipinski definition) is 10. The third kappa shape index (κ3) is 13.7. The zero-order valence-corrected chi connectivity index (χ0v) is 18.0. The van der Waals surface area contributed by atoms with Crippen LogP contribution >= 0.6 is 0 Å². The predicted molar refractivity (Wildman–Crippen MR) is 109 cm³/mol. The second-order valence-electron chi connectivity index (χ2n) is 6.32. The van der Waals surface area contributed by atoms with Crippen molar-refractivity contribution < 1.29 is 47.5 Å². The maximum absolute atomic E-state index is 12.1. The van der Waals surface area contributed by atoms with Crippen LogP contribution < -0.4 is 0 Å². The molecule has 10 nitrogen and oxygen atoms in total. The fourth-order valence-corrected chi connectivity index (χ4v) is 2.22. The predicted octanol–water partition coefficient (Wildman–Crippen LogP) is 2.72. The fraction of sp³-hybridized carbons (Fsp3) is 0.476. The minimum absolute atomic E-state index is 0.0234. The van der Waals surface area contributed by atoms with E-state index in [1.807, 2.05) is 0 Å². The lowest BCUT2D eigenvalue weighted by Gasteiger charge is -2.32. The van der Waals surface area contributed by atoms with E-state index in [1.165, 1.54) is 19.4 Å². The van der Waals surface area contributed by atoms with Gasteiger partial charge in [-0.3, -0.25) is 9.59 Å². The van der Waals surface area contributed by atoms with Gasteiger partial charge in [0, 0.05) is 20.3 Å². The molecule has 0 atom stereocenters. The second-order valence-corrected chi connectivity index (χ2v) is 6.32. The first-order valence-corrected chi connectivity index (χ1v) is 9.17. The maximum Gasteiger partial charge on any atom is 0.373 e. The van der Waals surface area contributed by atoms with Gasteiger partial charge in [-0.15, -0.1) is 0 Å². The first-order valence-electron chi connectivity index (χ1n) is 9.17. The Labute approximate surface area is 182 Å². The van der Waals surface area contributed by atoms with Crippen LogP contribution in [-0.4, -0.2) is 51.3 Å². The van der Waals surface area contributed by atoms with Crippen molar-refractivity contribution in [1.29, 1.82) is 0 Å². The van der Waals surface area contributed by atoms with Gasteiger partial charge in [-0.1, -0.05) is 19.7 Å². The molecule has 0 bridgehead atoms. The number of ether oxygens (including phenoxy) is 7. The Morgan fingerprint density at radius 2 is 1.35 bits per heavy atom. The summed E-state index contributed by atoms with van der Waals surface area (Å²) in [5.74, 6) is -2.38. The van der Waals surface area contributed by atoms with Gasteiger partial charge in [-0.2, -0.15) is 0 Å². The first kappa shape index (κ1) is 27.9. The highest BCUT2D eigenvalue weighted by Crippen LogP contribution is 2.29. The largest absolute Gasteiger partial charge is 0.476 e. The molecule has 0 saturated carbocycles. The Bertz CT molecular complexity index is 637. The van der Waals surface area contributed by atoms with Crippen LogP contribution in [0.1, 0.15) is 26.7 Å². The van der Waals surface area contributed by atoms with Gasteiger partial charge in [-0.05, 0) is 13.0 Å². The maximum atomic E-state index is 12.1. The topological polar surface area (TPSA) is 116 Å². The number of allylic oxidation sites excluding steroid dienone is 1.